The van der Waals surface area contributed by atoms with Crippen LogP contribution in [-0.4, -0.2) is 54.8 Å². The van der Waals surface area contributed by atoms with Gasteiger partial charge >= 0.3 is 0 Å². The van der Waals surface area contributed by atoms with Gasteiger partial charge in [-0.3, -0.25) is 10.1 Å². The van der Waals surface area contributed by atoms with E-state index in [1.807, 2.05) is 6.07 Å². The fourth-order valence-corrected chi connectivity index (χ4v) is 4.46. The molecule has 2 saturated heterocycles. The number of ether oxygens (including phenoxy) is 1. The first-order valence-electron chi connectivity index (χ1n) is 10.0. The Morgan fingerprint density at radius 3 is 2.57 bits per heavy atom. The second kappa shape index (κ2) is 8.29. The van der Waals surface area contributed by atoms with Gasteiger partial charge in [-0.05, 0) is 37.0 Å². The summed E-state index contributed by atoms with van der Waals surface area (Å²) in [5, 5.41) is 11.0. The van der Waals surface area contributed by atoms with Gasteiger partial charge in [-0.2, -0.15) is 0 Å². The van der Waals surface area contributed by atoms with Crippen molar-refractivity contribution >= 4 is 11.4 Å². The first-order valence-corrected chi connectivity index (χ1v) is 10.0. The lowest BCUT2D eigenvalue weighted by Crippen LogP contribution is -2.62. The van der Waals surface area contributed by atoms with Gasteiger partial charge < -0.3 is 14.5 Å². The predicted octanol–water partition coefficient (Wildman–Crippen LogP) is 3.51. The number of nitro groups is 1. The molecule has 0 atom stereocenters. The Bertz CT molecular complexity index is 804. The molecule has 0 bridgehead atoms. The number of hydrogen-bond acceptors (Lipinski definition) is 5. The SMILES string of the molecule is O=[N+]([O-])c1cccc(CCN2CCC3(CC2)COCCN3c2ccccc2)c1. The maximum Gasteiger partial charge on any atom is 0.269 e. The molecule has 6 nitrogen and oxygen atoms in total. The number of likely N-dealkylation sites (tertiary alicyclic amines) is 1. The van der Waals surface area contributed by atoms with E-state index in [2.05, 4.69) is 40.1 Å². The average molecular weight is 381 g/mol. The van der Waals surface area contributed by atoms with E-state index in [1.54, 1.807) is 18.2 Å². The van der Waals surface area contributed by atoms with E-state index in [1.165, 1.54) is 5.69 Å². The highest BCUT2D eigenvalue weighted by atomic mass is 16.6. The number of hydrogen-bond donors (Lipinski definition) is 0. The quantitative estimate of drug-likeness (QED) is 0.586. The first kappa shape index (κ1) is 18.9. The third-order valence-corrected chi connectivity index (χ3v) is 6.10. The number of benzene rings is 2. The van der Waals surface area contributed by atoms with Crippen molar-refractivity contribution in [3.8, 4) is 0 Å². The molecule has 6 heteroatoms. The third-order valence-electron chi connectivity index (χ3n) is 6.10. The van der Waals surface area contributed by atoms with Crippen molar-refractivity contribution in [2.75, 3.05) is 44.3 Å². The molecule has 28 heavy (non-hydrogen) atoms. The van der Waals surface area contributed by atoms with Crippen molar-refractivity contribution in [2.45, 2.75) is 24.8 Å². The summed E-state index contributed by atoms with van der Waals surface area (Å²) in [5.74, 6) is 0. The van der Waals surface area contributed by atoms with Crippen LogP contribution in [0.5, 0.6) is 0 Å². The molecule has 2 aromatic rings. The van der Waals surface area contributed by atoms with Crippen LogP contribution in [0.1, 0.15) is 18.4 Å². The van der Waals surface area contributed by atoms with E-state index in [4.69, 9.17) is 4.74 Å². The Kier molecular flexibility index (Phi) is 5.59. The van der Waals surface area contributed by atoms with Crippen LogP contribution in [0.25, 0.3) is 0 Å². The highest BCUT2D eigenvalue weighted by Crippen LogP contribution is 2.35. The molecular formula is C22H27N3O3. The summed E-state index contributed by atoms with van der Waals surface area (Å²) < 4.78 is 5.89. The largest absolute Gasteiger partial charge is 0.377 e. The number of nitrogens with zero attached hydrogens (tertiary/aromatic N) is 3. The third kappa shape index (κ3) is 4.03. The standard InChI is InChI=1S/C22H27N3O3/c26-25(27)21-8-4-5-19(17-21)9-12-23-13-10-22(11-14-23)18-28-16-15-24(22)20-6-2-1-3-7-20/h1-8,17H,9-16,18H2. The fraction of sp³-hybridized carbons (Fsp3) is 0.455. The zero-order valence-electron chi connectivity index (χ0n) is 16.1. The summed E-state index contributed by atoms with van der Waals surface area (Å²) in [6.45, 7) is 5.51. The smallest absolute Gasteiger partial charge is 0.269 e. The topological polar surface area (TPSA) is 58.9 Å². The number of anilines is 1. The lowest BCUT2D eigenvalue weighted by Gasteiger charge is -2.52. The number of non-ortho nitro benzene ring substituents is 1. The molecule has 0 aromatic heterocycles. The van der Waals surface area contributed by atoms with E-state index < -0.39 is 0 Å². The van der Waals surface area contributed by atoms with Crippen molar-refractivity contribution in [3.63, 3.8) is 0 Å². The van der Waals surface area contributed by atoms with Gasteiger partial charge in [0, 0.05) is 44.0 Å². The van der Waals surface area contributed by atoms with Crippen LogP contribution in [0.2, 0.25) is 0 Å². The maximum absolute atomic E-state index is 11.0. The number of rotatable bonds is 5. The average Bonchev–Trinajstić information content (AvgIpc) is 2.74. The summed E-state index contributed by atoms with van der Waals surface area (Å²) in [6.07, 6.45) is 3.00. The molecule has 1 spiro atoms. The molecule has 148 valence electrons. The second-order valence-electron chi connectivity index (χ2n) is 7.78. The van der Waals surface area contributed by atoms with Gasteiger partial charge in [0.2, 0.25) is 0 Å². The molecule has 2 fully saturated rings. The molecule has 2 aliphatic heterocycles. The van der Waals surface area contributed by atoms with Crippen LogP contribution < -0.4 is 4.90 Å². The highest BCUT2D eigenvalue weighted by molar-refractivity contribution is 5.49. The zero-order valence-corrected chi connectivity index (χ0v) is 16.1. The van der Waals surface area contributed by atoms with E-state index in [9.17, 15) is 10.1 Å². The molecular weight excluding hydrogens is 354 g/mol. The van der Waals surface area contributed by atoms with Gasteiger partial charge in [0.1, 0.15) is 0 Å². The van der Waals surface area contributed by atoms with Crippen LogP contribution in [0, 0.1) is 10.1 Å². The summed E-state index contributed by atoms with van der Waals surface area (Å²) >= 11 is 0. The number of morpholine rings is 1. The van der Waals surface area contributed by atoms with Gasteiger partial charge in [-0.25, -0.2) is 0 Å². The maximum atomic E-state index is 11.0. The molecule has 0 radical (unpaired) electrons. The molecule has 0 aliphatic carbocycles. The zero-order chi connectivity index (χ0) is 19.4. The monoisotopic (exact) mass is 381 g/mol. The van der Waals surface area contributed by atoms with Crippen LogP contribution in [0.15, 0.2) is 54.6 Å². The second-order valence-corrected chi connectivity index (χ2v) is 7.78. The molecule has 0 amide bonds. The fourth-order valence-electron chi connectivity index (χ4n) is 4.46. The molecule has 0 saturated carbocycles. The number of nitro benzene ring substituents is 1. The minimum Gasteiger partial charge on any atom is -0.377 e. The minimum absolute atomic E-state index is 0.0850. The molecule has 4 rings (SSSR count). The lowest BCUT2D eigenvalue weighted by atomic mass is 9.84. The molecule has 0 N–H and O–H groups in total. The van der Waals surface area contributed by atoms with Crippen molar-refractivity contribution in [3.05, 3.63) is 70.3 Å². The number of para-hydroxylation sites is 1. The van der Waals surface area contributed by atoms with Gasteiger partial charge in [-0.15, -0.1) is 0 Å². The van der Waals surface area contributed by atoms with E-state index in [0.717, 1.165) is 64.2 Å². The molecule has 2 aromatic carbocycles. The van der Waals surface area contributed by atoms with E-state index in [0.29, 0.717) is 0 Å². The van der Waals surface area contributed by atoms with Gasteiger partial charge in [0.15, 0.2) is 0 Å². The molecule has 0 unspecified atom stereocenters. The van der Waals surface area contributed by atoms with Gasteiger partial charge in [0.25, 0.3) is 5.69 Å². The minimum atomic E-state index is -0.324. The van der Waals surface area contributed by atoms with Crippen LogP contribution in [-0.2, 0) is 11.2 Å². The van der Waals surface area contributed by atoms with Gasteiger partial charge in [-0.1, -0.05) is 30.3 Å². The Morgan fingerprint density at radius 2 is 1.82 bits per heavy atom. The summed E-state index contributed by atoms with van der Waals surface area (Å²) in [4.78, 5) is 15.7. The van der Waals surface area contributed by atoms with E-state index in [-0.39, 0.29) is 16.1 Å². The summed E-state index contributed by atoms with van der Waals surface area (Å²) in [6, 6.07) is 17.7. The Hall–Kier alpha value is -2.44. The van der Waals surface area contributed by atoms with Gasteiger partial charge in [0.05, 0.1) is 23.7 Å². The van der Waals surface area contributed by atoms with Crippen LogP contribution in [0.4, 0.5) is 11.4 Å². The van der Waals surface area contributed by atoms with Crippen LogP contribution >= 0.6 is 0 Å². The van der Waals surface area contributed by atoms with Crippen LogP contribution in [0.3, 0.4) is 0 Å². The Labute approximate surface area is 165 Å². The van der Waals surface area contributed by atoms with Crippen molar-refractivity contribution in [2.24, 2.45) is 0 Å². The van der Waals surface area contributed by atoms with Crippen molar-refractivity contribution in [1.29, 1.82) is 0 Å². The summed E-state index contributed by atoms with van der Waals surface area (Å²) in [7, 11) is 0. The predicted molar refractivity (Wildman–Crippen MR) is 110 cm³/mol. The van der Waals surface area contributed by atoms with E-state index >= 15 is 0 Å². The normalized spacial score (nSPS) is 19.6. The highest BCUT2D eigenvalue weighted by Gasteiger charge is 2.42. The number of piperidine rings is 1. The molecule has 2 heterocycles. The summed E-state index contributed by atoms with van der Waals surface area (Å²) in [5.41, 5.74) is 2.58. The first-order chi connectivity index (χ1) is 13.7. The van der Waals surface area contributed by atoms with Crippen molar-refractivity contribution < 1.29 is 9.66 Å². The van der Waals surface area contributed by atoms with Crippen molar-refractivity contribution in [1.82, 2.24) is 4.90 Å². The Balaban J connectivity index is 1.37. The Morgan fingerprint density at radius 1 is 1.04 bits per heavy atom. The molecule has 2 aliphatic rings. The lowest BCUT2D eigenvalue weighted by molar-refractivity contribution is -0.384.